The van der Waals surface area contributed by atoms with Crippen LogP contribution < -0.4 is 9.80 Å². The molecule has 2 aromatic heterocycles. The van der Waals surface area contributed by atoms with Crippen LogP contribution in [0.1, 0.15) is 22.4 Å². The summed E-state index contributed by atoms with van der Waals surface area (Å²) >= 11 is 0. The SMILES string of the molecule is Cc1cccc(N(C)C(=O)[C@H]2Cc3cccnc3N2c2cc(C(F)(F)F)cc(C)n2)c1. The van der Waals surface area contributed by atoms with Crippen molar-refractivity contribution in [2.45, 2.75) is 32.5 Å². The number of anilines is 3. The highest BCUT2D eigenvalue weighted by Gasteiger charge is 2.40. The minimum atomic E-state index is -4.52. The van der Waals surface area contributed by atoms with E-state index in [1.165, 1.54) is 16.7 Å². The highest BCUT2D eigenvalue weighted by molar-refractivity contribution is 6.01. The van der Waals surface area contributed by atoms with Crippen molar-refractivity contribution in [1.82, 2.24) is 9.97 Å². The van der Waals surface area contributed by atoms with Gasteiger partial charge in [0, 0.05) is 31.0 Å². The topological polar surface area (TPSA) is 49.3 Å². The summed E-state index contributed by atoms with van der Waals surface area (Å²) in [6.07, 6.45) is -2.63. The fourth-order valence-corrected chi connectivity index (χ4v) is 3.85. The molecule has 0 saturated carbocycles. The maximum absolute atomic E-state index is 13.5. The molecule has 1 aliphatic heterocycles. The smallest absolute Gasteiger partial charge is 0.314 e. The predicted molar refractivity (Wildman–Crippen MR) is 112 cm³/mol. The molecular formula is C23H21F3N4O. The molecule has 0 bridgehead atoms. The number of rotatable bonds is 3. The van der Waals surface area contributed by atoms with Gasteiger partial charge in [0.25, 0.3) is 0 Å². The van der Waals surface area contributed by atoms with Crippen molar-refractivity contribution in [3.63, 3.8) is 0 Å². The molecular weight excluding hydrogens is 405 g/mol. The number of fused-ring (bicyclic) bond motifs is 1. The normalized spacial score (nSPS) is 15.7. The molecule has 0 saturated heterocycles. The fourth-order valence-electron chi connectivity index (χ4n) is 3.85. The lowest BCUT2D eigenvalue weighted by Crippen LogP contribution is -2.44. The molecule has 3 heterocycles. The third-order valence-electron chi connectivity index (χ3n) is 5.34. The Morgan fingerprint density at radius 2 is 1.90 bits per heavy atom. The molecule has 0 unspecified atom stereocenters. The van der Waals surface area contributed by atoms with Gasteiger partial charge in [-0.15, -0.1) is 0 Å². The summed E-state index contributed by atoms with van der Waals surface area (Å²) in [7, 11) is 1.66. The van der Waals surface area contributed by atoms with Crippen molar-refractivity contribution in [2.24, 2.45) is 0 Å². The van der Waals surface area contributed by atoms with E-state index in [-0.39, 0.29) is 17.4 Å². The summed E-state index contributed by atoms with van der Waals surface area (Å²) in [6, 6.07) is 12.3. The first-order chi connectivity index (χ1) is 14.6. The van der Waals surface area contributed by atoms with Gasteiger partial charge in [-0.25, -0.2) is 9.97 Å². The van der Waals surface area contributed by atoms with Crippen LogP contribution >= 0.6 is 0 Å². The average molecular weight is 426 g/mol. The van der Waals surface area contributed by atoms with E-state index >= 15 is 0 Å². The number of benzene rings is 1. The van der Waals surface area contributed by atoms with Gasteiger partial charge in [-0.1, -0.05) is 18.2 Å². The second-order valence-corrected chi connectivity index (χ2v) is 7.67. The Balaban J connectivity index is 1.78. The minimum Gasteiger partial charge on any atom is -0.314 e. The lowest BCUT2D eigenvalue weighted by molar-refractivity contribution is -0.137. The second kappa shape index (κ2) is 7.68. The van der Waals surface area contributed by atoms with E-state index in [4.69, 9.17) is 0 Å². The Morgan fingerprint density at radius 1 is 1.13 bits per heavy atom. The van der Waals surface area contributed by atoms with Crippen molar-refractivity contribution in [2.75, 3.05) is 16.8 Å². The number of hydrogen-bond donors (Lipinski definition) is 0. The lowest BCUT2D eigenvalue weighted by Gasteiger charge is -2.29. The van der Waals surface area contributed by atoms with Crippen LogP contribution in [0.3, 0.4) is 0 Å². The van der Waals surface area contributed by atoms with Crippen LogP contribution in [0.5, 0.6) is 0 Å². The Bertz CT molecular complexity index is 1150. The maximum atomic E-state index is 13.5. The number of likely N-dealkylation sites (N-methyl/N-ethyl adjacent to an activating group) is 1. The first kappa shape index (κ1) is 20.8. The summed E-state index contributed by atoms with van der Waals surface area (Å²) in [5, 5.41) is 0. The number of carbonyl (C=O) groups excluding carboxylic acids is 1. The molecule has 4 rings (SSSR count). The standard InChI is InChI=1S/C23H21F3N4O/c1-14-6-4-8-18(10-14)29(3)22(31)19-12-16-7-5-9-27-21(16)30(19)20-13-17(23(24,25)26)11-15(2)28-20/h4-11,13,19H,12H2,1-3H3/t19-/m1/s1. The number of carbonyl (C=O) groups is 1. The van der Waals surface area contributed by atoms with Crippen molar-refractivity contribution in [1.29, 1.82) is 0 Å². The van der Waals surface area contributed by atoms with E-state index in [2.05, 4.69) is 9.97 Å². The number of nitrogens with zero attached hydrogens (tertiary/aromatic N) is 4. The zero-order valence-corrected chi connectivity index (χ0v) is 17.3. The maximum Gasteiger partial charge on any atom is 0.416 e. The molecule has 1 aliphatic rings. The number of aryl methyl sites for hydroxylation is 2. The van der Waals surface area contributed by atoms with Gasteiger partial charge in [0.05, 0.1) is 5.56 Å². The number of halogens is 3. The summed E-state index contributed by atoms with van der Waals surface area (Å²) in [4.78, 5) is 25.2. The quantitative estimate of drug-likeness (QED) is 0.602. The van der Waals surface area contributed by atoms with E-state index in [0.29, 0.717) is 17.9 Å². The molecule has 0 fully saturated rings. The molecule has 160 valence electrons. The van der Waals surface area contributed by atoms with Crippen LogP contribution in [-0.2, 0) is 17.4 Å². The predicted octanol–water partition coefficient (Wildman–Crippen LogP) is 4.84. The van der Waals surface area contributed by atoms with E-state index < -0.39 is 17.8 Å². The van der Waals surface area contributed by atoms with Gasteiger partial charge in [-0.05, 0) is 55.3 Å². The van der Waals surface area contributed by atoms with Crippen LogP contribution in [0.2, 0.25) is 0 Å². The van der Waals surface area contributed by atoms with Gasteiger partial charge in [-0.3, -0.25) is 9.69 Å². The van der Waals surface area contributed by atoms with Crippen LogP contribution in [0.25, 0.3) is 0 Å². The number of pyridine rings is 2. The number of hydrogen-bond acceptors (Lipinski definition) is 4. The number of amides is 1. The molecule has 0 spiro atoms. The average Bonchev–Trinajstić information content (AvgIpc) is 3.11. The molecule has 0 N–H and O–H groups in total. The van der Waals surface area contributed by atoms with Crippen LogP contribution in [0.4, 0.5) is 30.5 Å². The van der Waals surface area contributed by atoms with Gasteiger partial charge in [0.1, 0.15) is 17.7 Å². The van der Waals surface area contributed by atoms with E-state index in [1.54, 1.807) is 19.3 Å². The monoisotopic (exact) mass is 426 g/mol. The van der Waals surface area contributed by atoms with E-state index in [0.717, 1.165) is 23.3 Å². The van der Waals surface area contributed by atoms with Crippen LogP contribution in [0, 0.1) is 13.8 Å². The molecule has 8 heteroatoms. The molecule has 5 nitrogen and oxygen atoms in total. The minimum absolute atomic E-state index is 0.0563. The van der Waals surface area contributed by atoms with Gasteiger partial charge in [0.2, 0.25) is 5.91 Å². The summed E-state index contributed by atoms with van der Waals surface area (Å²) in [5.41, 5.74) is 1.91. The van der Waals surface area contributed by atoms with Crippen molar-refractivity contribution in [3.05, 3.63) is 77.1 Å². The van der Waals surface area contributed by atoms with Gasteiger partial charge in [0.15, 0.2) is 0 Å². The zero-order valence-electron chi connectivity index (χ0n) is 17.3. The molecule has 3 aromatic rings. The van der Waals surface area contributed by atoms with Crippen LogP contribution in [-0.4, -0.2) is 29.0 Å². The van der Waals surface area contributed by atoms with Gasteiger partial charge >= 0.3 is 6.18 Å². The Labute approximate surface area is 178 Å². The second-order valence-electron chi connectivity index (χ2n) is 7.67. The van der Waals surface area contributed by atoms with Crippen molar-refractivity contribution >= 4 is 23.2 Å². The van der Waals surface area contributed by atoms with Gasteiger partial charge < -0.3 is 4.90 Å². The lowest BCUT2D eigenvalue weighted by atomic mass is 10.1. The first-order valence-corrected chi connectivity index (χ1v) is 9.78. The highest BCUT2D eigenvalue weighted by Crippen LogP contribution is 2.39. The molecule has 1 aromatic carbocycles. The first-order valence-electron chi connectivity index (χ1n) is 9.78. The molecule has 31 heavy (non-hydrogen) atoms. The Hall–Kier alpha value is -3.42. The zero-order chi connectivity index (χ0) is 22.3. The molecule has 0 radical (unpaired) electrons. The fraction of sp³-hybridized carbons (Fsp3) is 0.261. The highest BCUT2D eigenvalue weighted by atomic mass is 19.4. The number of aromatic nitrogens is 2. The van der Waals surface area contributed by atoms with Gasteiger partial charge in [-0.2, -0.15) is 13.2 Å². The van der Waals surface area contributed by atoms with Crippen molar-refractivity contribution < 1.29 is 18.0 Å². The number of alkyl halides is 3. The Kier molecular flexibility index (Phi) is 5.16. The molecule has 0 aliphatic carbocycles. The third kappa shape index (κ3) is 3.97. The van der Waals surface area contributed by atoms with Crippen LogP contribution in [0.15, 0.2) is 54.7 Å². The summed E-state index contributed by atoms with van der Waals surface area (Å²) in [6.45, 7) is 3.43. The Morgan fingerprint density at radius 3 is 2.61 bits per heavy atom. The summed E-state index contributed by atoms with van der Waals surface area (Å²) in [5.74, 6) is 0.256. The molecule has 1 atom stereocenters. The van der Waals surface area contributed by atoms with Crippen molar-refractivity contribution in [3.8, 4) is 0 Å². The van der Waals surface area contributed by atoms with E-state index in [1.807, 2.05) is 37.3 Å². The summed E-state index contributed by atoms with van der Waals surface area (Å²) < 4.78 is 40.3. The largest absolute Gasteiger partial charge is 0.416 e. The third-order valence-corrected chi connectivity index (χ3v) is 5.34. The molecule has 1 amide bonds. The van der Waals surface area contributed by atoms with E-state index in [9.17, 15) is 18.0 Å².